The zero-order valence-corrected chi connectivity index (χ0v) is 14.7. The van der Waals surface area contributed by atoms with Crippen LogP contribution in [0.5, 0.6) is 0 Å². The standard InChI is InChI=1S/C7H17O7P.Ba/c1-3-12-7(13-4-2)6(8)5-14-15(9,10)11;/h6-8H,3-5H2,1-2H3,(H2,9,10,11);/q;+2/p-2/t6-;/m1./s1. The zero-order chi connectivity index (χ0) is 11.9. The molecule has 92 valence electrons. The topological polar surface area (TPSA) is 111 Å². The second-order valence-electron chi connectivity index (χ2n) is 2.59. The van der Waals surface area contributed by atoms with E-state index in [1.807, 2.05) is 0 Å². The summed E-state index contributed by atoms with van der Waals surface area (Å²) in [4.78, 5) is 20.3. The Morgan fingerprint density at radius 1 is 1.25 bits per heavy atom. The molecule has 0 heterocycles. The molecule has 1 N–H and O–H groups in total. The van der Waals surface area contributed by atoms with Crippen LogP contribution in [0.25, 0.3) is 0 Å². The predicted molar refractivity (Wildman–Crippen MR) is 52.4 cm³/mol. The Bertz CT molecular complexity index is 203. The third-order valence-corrected chi connectivity index (χ3v) is 1.84. The number of phosphoric acid groups is 1. The second-order valence-corrected chi connectivity index (χ2v) is 3.74. The molecule has 0 aliphatic carbocycles. The third-order valence-electron chi connectivity index (χ3n) is 1.38. The van der Waals surface area contributed by atoms with Crippen LogP contribution in [0, 0.1) is 0 Å². The molecule has 0 aliphatic heterocycles. The summed E-state index contributed by atoms with van der Waals surface area (Å²) < 4.78 is 24.0. The number of hydrogen-bond donors (Lipinski definition) is 1. The van der Waals surface area contributed by atoms with Crippen LogP contribution in [0.4, 0.5) is 0 Å². The van der Waals surface area contributed by atoms with E-state index in [1.54, 1.807) is 13.8 Å². The van der Waals surface area contributed by atoms with Crippen LogP contribution >= 0.6 is 7.82 Å². The van der Waals surface area contributed by atoms with Gasteiger partial charge in [-0.1, -0.05) is 0 Å². The summed E-state index contributed by atoms with van der Waals surface area (Å²) in [7, 11) is -5.07. The fourth-order valence-electron chi connectivity index (χ4n) is 0.845. The Kier molecular flexibility index (Phi) is 13.0. The predicted octanol–water partition coefficient (Wildman–Crippen LogP) is -1.79. The molecule has 0 radical (unpaired) electrons. The van der Waals surface area contributed by atoms with Crippen molar-refractivity contribution >= 4 is 56.7 Å². The van der Waals surface area contributed by atoms with Gasteiger partial charge in [-0.05, 0) is 13.8 Å². The molecule has 0 saturated heterocycles. The van der Waals surface area contributed by atoms with Crippen molar-refractivity contribution in [2.45, 2.75) is 26.2 Å². The van der Waals surface area contributed by atoms with Crippen molar-refractivity contribution in [3.8, 4) is 0 Å². The van der Waals surface area contributed by atoms with Crippen LogP contribution in [-0.4, -0.2) is 86.2 Å². The minimum atomic E-state index is -5.07. The van der Waals surface area contributed by atoms with Crippen LogP contribution in [0.3, 0.4) is 0 Å². The number of rotatable bonds is 8. The molecule has 0 aromatic carbocycles. The quantitative estimate of drug-likeness (QED) is 0.301. The average molecular weight is 379 g/mol. The van der Waals surface area contributed by atoms with Crippen LogP contribution in [0.15, 0.2) is 0 Å². The van der Waals surface area contributed by atoms with E-state index in [-0.39, 0.29) is 62.1 Å². The summed E-state index contributed by atoms with van der Waals surface area (Å²) in [5.41, 5.74) is 0. The molecule has 16 heavy (non-hydrogen) atoms. The molecule has 0 saturated carbocycles. The van der Waals surface area contributed by atoms with Crippen molar-refractivity contribution in [3.63, 3.8) is 0 Å². The van der Waals surface area contributed by atoms with Crippen LogP contribution in [-0.2, 0) is 18.6 Å². The van der Waals surface area contributed by atoms with Gasteiger partial charge in [0.15, 0.2) is 6.29 Å². The van der Waals surface area contributed by atoms with Crippen LogP contribution in [0.2, 0.25) is 0 Å². The van der Waals surface area contributed by atoms with Crippen molar-refractivity contribution in [1.29, 1.82) is 0 Å². The molecule has 0 aromatic heterocycles. The van der Waals surface area contributed by atoms with E-state index in [0.717, 1.165) is 0 Å². The van der Waals surface area contributed by atoms with Gasteiger partial charge >= 0.3 is 48.9 Å². The molecular formula is C7H15BaO7P. The molecule has 1 atom stereocenters. The molecule has 0 spiro atoms. The zero-order valence-electron chi connectivity index (χ0n) is 9.33. The summed E-state index contributed by atoms with van der Waals surface area (Å²) in [6, 6.07) is 0. The largest absolute Gasteiger partial charge is 2.00 e. The summed E-state index contributed by atoms with van der Waals surface area (Å²) in [5.74, 6) is 0. The second kappa shape index (κ2) is 10.5. The van der Waals surface area contributed by atoms with Gasteiger partial charge in [-0.2, -0.15) is 0 Å². The maximum atomic E-state index is 10.1. The van der Waals surface area contributed by atoms with Crippen molar-refractivity contribution < 1.29 is 33.5 Å². The van der Waals surface area contributed by atoms with Gasteiger partial charge in [0.2, 0.25) is 0 Å². The minimum absolute atomic E-state index is 0. The van der Waals surface area contributed by atoms with Crippen LogP contribution in [0.1, 0.15) is 13.8 Å². The van der Waals surface area contributed by atoms with Gasteiger partial charge in [0.05, 0.1) is 14.4 Å². The van der Waals surface area contributed by atoms with E-state index in [4.69, 9.17) is 9.47 Å². The van der Waals surface area contributed by atoms with Gasteiger partial charge in [-0.3, -0.25) is 0 Å². The van der Waals surface area contributed by atoms with E-state index < -0.39 is 26.8 Å². The van der Waals surface area contributed by atoms with E-state index in [1.165, 1.54) is 0 Å². The first kappa shape index (κ1) is 19.9. The molecule has 0 rings (SSSR count). The molecule has 7 nitrogen and oxygen atoms in total. The van der Waals surface area contributed by atoms with Crippen molar-refractivity contribution in [3.05, 3.63) is 0 Å². The maximum absolute atomic E-state index is 10.1. The van der Waals surface area contributed by atoms with Crippen molar-refractivity contribution in [1.82, 2.24) is 0 Å². The van der Waals surface area contributed by atoms with Gasteiger partial charge in [0.1, 0.15) is 6.10 Å². The molecule has 0 amide bonds. The average Bonchev–Trinajstić information content (AvgIpc) is 2.13. The van der Waals surface area contributed by atoms with E-state index >= 15 is 0 Å². The summed E-state index contributed by atoms with van der Waals surface area (Å²) in [6.45, 7) is 3.27. The first-order chi connectivity index (χ1) is 6.90. The number of hydrogen-bond acceptors (Lipinski definition) is 7. The number of aliphatic hydroxyl groups excluding tert-OH is 1. The number of aliphatic hydroxyl groups is 1. The number of phosphoric ester groups is 1. The SMILES string of the molecule is CCOC(OCC)[C@H](O)COP(=O)([O-])[O-].[Ba+2]. The van der Waals surface area contributed by atoms with Crippen molar-refractivity contribution in [2.24, 2.45) is 0 Å². The molecule has 0 aromatic rings. The minimum Gasteiger partial charge on any atom is -0.790 e. The molecule has 9 heteroatoms. The molecule has 0 bridgehead atoms. The Balaban J connectivity index is 0. The molecule has 0 fully saturated rings. The maximum Gasteiger partial charge on any atom is 2.00 e. The van der Waals surface area contributed by atoms with Gasteiger partial charge in [-0.25, -0.2) is 0 Å². The Hall–Kier alpha value is 1.56. The van der Waals surface area contributed by atoms with Gasteiger partial charge in [0, 0.05) is 13.2 Å². The Morgan fingerprint density at radius 2 is 1.69 bits per heavy atom. The molecular weight excluding hydrogens is 364 g/mol. The van der Waals surface area contributed by atoms with E-state index in [9.17, 15) is 19.5 Å². The smallest absolute Gasteiger partial charge is 0.790 e. The van der Waals surface area contributed by atoms with Gasteiger partial charge in [-0.15, -0.1) is 0 Å². The first-order valence-electron chi connectivity index (χ1n) is 4.48. The van der Waals surface area contributed by atoms with E-state index in [0.29, 0.717) is 0 Å². The van der Waals surface area contributed by atoms with Gasteiger partial charge < -0.3 is 33.5 Å². The van der Waals surface area contributed by atoms with Crippen molar-refractivity contribution in [2.75, 3.05) is 19.8 Å². The summed E-state index contributed by atoms with van der Waals surface area (Å²) >= 11 is 0. The fourth-order valence-corrected chi connectivity index (χ4v) is 1.18. The Morgan fingerprint density at radius 3 is 2.00 bits per heavy atom. The van der Waals surface area contributed by atoms with E-state index in [2.05, 4.69) is 4.52 Å². The monoisotopic (exact) mass is 380 g/mol. The fraction of sp³-hybridized carbons (Fsp3) is 1.00. The normalized spacial score (nSPS) is 13.6. The first-order valence-corrected chi connectivity index (χ1v) is 5.94. The third kappa shape index (κ3) is 10.7. The summed E-state index contributed by atoms with van der Waals surface area (Å²) in [6.07, 6.45) is -2.31. The number of ether oxygens (including phenoxy) is 2. The molecule has 0 unspecified atom stereocenters. The Labute approximate surface area is 135 Å². The summed E-state index contributed by atoms with van der Waals surface area (Å²) in [5, 5.41) is 9.36. The van der Waals surface area contributed by atoms with Gasteiger partial charge in [0.25, 0.3) is 0 Å². The van der Waals surface area contributed by atoms with Crippen LogP contribution < -0.4 is 9.79 Å². The molecule has 0 aliphatic rings.